The molecule has 0 saturated carbocycles. The molecule has 0 atom stereocenters. The molecule has 80 valence electrons. The molecule has 0 aliphatic carbocycles. The fourth-order valence-electron chi connectivity index (χ4n) is 1.31. The molecule has 0 N–H and O–H groups in total. The van der Waals surface area contributed by atoms with Crippen LogP contribution in [0.5, 0.6) is 5.75 Å². The fourth-order valence-corrected chi connectivity index (χ4v) is 1.31. The van der Waals surface area contributed by atoms with Crippen molar-refractivity contribution in [3.05, 3.63) is 42.2 Å². The zero-order valence-electron chi connectivity index (χ0n) is 8.75. The van der Waals surface area contributed by atoms with Gasteiger partial charge in [0.2, 0.25) is 0 Å². The maximum atomic E-state index is 10.5. The average Bonchev–Trinajstić information content (AvgIpc) is 2.39. The second-order valence-corrected chi connectivity index (χ2v) is 3.19. The lowest BCUT2D eigenvalue weighted by atomic mass is 10.2. The van der Waals surface area contributed by atoms with Gasteiger partial charge in [-0.1, -0.05) is 12.1 Å². The van der Waals surface area contributed by atoms with Crippen LogP contribution in [0, 0.1) is 0 Å². The van der Waals surface area contributed by atoms with Gasteiger partial charge in [0.25, 0.3) is 0 Å². The van der Waals surface area contributed by atoms with Crippen LogP contribution in [0.2, 0.25) is 0 Å². The summed E-state index contributed by atoms with van der Waals surface area (Å²) in [6, 6.07) is 7.45. The zero-order valence-corrected chi connectivity index (χ0v) is 8.75. The van der Waals surface area contributed by atoms with E-state index in [1.807, 2.05) is 24.3 Å². The molecule has 0 bridgehead atoms. The van der Waals surface area contributed by atoms with Crippen molar-refractivity contribution in [2.24, 2.45) is 0 Å². The molecular weight excluding hydrogens is 204 g/mol. The normalized spacial score (nSPS) is 9.81. The molecule has 0 radical (unpaired) electrons. The number of carbonyl (C=O) groups is 1. The van der Waals surface area contributed by atoms with Crippen LogP contribution in [-0.4, -0.2) is 23.4 Å². The van der Waals surface area contributed by atoms with Crippen LogP contribution in [0.3, 0.4) is 0 Å². The lowest BCUT2D eigenvalue weighted by Gasteiger charge is -2.02. The number of aldehydes is 1. The third-order valence-corrected chi connectivity index (χ3v) is 2.14. The van der Waals surface area contributed by atoms with Crippen molar-refractivity contribution in [2.45, 2.75) is 0 Å². The van der Waals surface area contributed by atoms with E-state index in [4.69, 9.17) is 4.74 Å². The summed E-state index contributed by atoms with van der Waals surface area (Å²) < 4.78 is 5.11. The van der Waals surface area contributed by atoms with Crippen molar-refractivity contribution in [2.75, 3.05) is 7.11 Å². The van der Waals surface area contributed by atoms with Gasteiger partial charge in [0.1, 0.15) is 5.75 Å². The Morgan fingerprint density at radius 3 is 2.62 bits per heavy atom. The van der Waals surface area contributed by atoms with Crippen LogP contribution < -0.4 is 4.74 Å². The smallest absolute Gasteiger partial charge is 0.159 e. The third-order valence-electron chi connectivity index (χ3n) is 2.14. The Morgan fingerprint density at radius 1 is 1.25 bits per heavy atom. The quantitative estimate of drug-likeness (QED) is 0.733. The van der Waals surface area contributed by atoms with Gasteiger partial charge in [-0.3, -0.25) is 4.79 Å². The first-order valence-corrected chi connectivity index (χ1v) is 4.75. The van der Waals surface area contributed by atoms with E-state index in [9.17, 15) is 4.79 Å². The molecule has 4 nitrogen and oxygen atoms in total. The molecule has 2 aromatic rings. The Hall–Kier alpha value is -2.23. The number of methoxy groups -OCH3 is 1. The third kappa shape index (κ3) is 2.06. The molecule has 0 amide bonds. The average molecular weight is 214 g/mol. The van der Waals surface area contributed by atoms with Crippen LogP contribution in [0.15, 0.2) is 36.7 Å². The summed E-state index contributed by atoms with van der Waals surface area (Å²) in [6.07, 6.45) is 3.71. The highest BCUT2D eigenvalue weighted by Gasteiger charge is 2.02. The summed E-state index contributed by atoms with van der Waals surface area (Å²) in [6.45, 7) is 0. The van der Waals surface area contributed by atoms with Gasteiger partial charge in [-0.25, -0.2) is 9.97 Å². The molecule has 0 saturated heterocycles. The SMILES string of the molecule is COc1cccc(-c2ncc(C=O)cn2)c1. The van der Waals surface area contributed by atoms with Crippen molar-refractivity contribution in [3.63, 3.8) is 0 Å². The minimum atomic E-state index is 0.464. The van der Waals surface area contributed by atoms with E-state index in [0.717, 1.165) is 17.6 Å². The molecule has 0 aliphatic heterocycles. The molecule has 0 unspecified atom stereocenters. The predicted molar refractivity (Wildman–Crippen MR) is 59.4 cm³/mol. The number of hydrogen-bond acceptors (Lipinski definition) is 4. The van der Waals surface area contributed by atoms with Gasteiger partial charge in [-0.2, -0.15) is 0 Å². The van der Waals surface area contributed by atoms with Gasteiger partial charge >= 0.3 is 0 Å². The zero-order chi connectivity index (χ0) is 11.4. The van der Waals surface area contributed by atoms with Gasteiger partial charge in [-0.15, -0.1) is 0 Å². The number of hydrogen-bond donors (Lipinski definition) is 0. The number of carbonyl (C=O) groups excluding carboxylic acids is 1. The van der Waals surface area contributed by atoms with E-state index in [-0.39, 0.29) is 0 Å². The topological polar surface area (TPSA) is 52.1 Å². The summed E-state index contributed by atoms with van der Waals surface area (Å²) in [5.41, 5.74) is 1.32. The van der Waals surface area contributed by atoms with Crippen molar-refractivity contribution in [3.8, 4) is 17.1 Å². The monoisotopic (exact) mass is 214 g/mol. The standard InChI is InChI=1S/C12H10N2O2/c1-16-11-4-2-3-10(5-11)12-13-6-9(8-15)7-14-12/h2-8H,1H3. The molecule has 0 aliphatic rings. The summed E-state index contributed by atoms with van der Waals surface area (Å²) in [5.74, 6) is 1.32. The molecule has 2 rings (SSSR count). The van der Waals surface area contributed by atoms with Crippen LogP contribution >= 0.6 is 0 Å². The Labute approximate surface area is 92.9 Å². The highest BCUT2D eigenvalue weighted by Crippen LogP contribution is 2.20. The van der Waals surface area contributed by atoms with E-state index in [0.29, 0.717) is 11.4 Å². The lowest BCUT2D eigenvalue weighted by molar-refractivity contribution is 0.112. The number of nitrogens with zero attached hydrogens (tertiary/aromatic N) is 2. The van der Waals surface area contributed by atoms with E-state index in [2.05, 4.69) is 9.97 Å². The summed E-state index contributed by atoms with van der Waals surface area (Å²) in [7, 11) is 1.61. The molecule has 1 aromatic heterocycles. The number of aromatic nitrogens is 2. The lowest BCUT2D eigenvalue weighted by Crippen LogP contribution is -1.91. The maximum Gasteiger partial charge on any atom is 0.159 e. The van der Waals surface area contributed by atoms with Crippen molar-refractivity contribution < 1.29 is 9.53 Å². The van der Waals surface area contributed by atoms with E-state index < -0.39 is 0 Å². The van der Waals surface area contributed by atoms with E-state index >= 15 is 0 Å². The van der Waals surface area contributed by atoms with Crippen LogP contribution in [-0.2, 0) is 0 Å². The molecular formula is C12H10N2O2. The maximum absolute atomic E-state index is 10.5. The predicted octanol–water partition coefficient (Wildman–Crippen LogP) is 1.96. The van der Waals surface area contributed by atoms with Gasteiger partial charge in [0.15, 0.2) is 12.1 Å². The summed E-state index contributed by atoms with van der Waals surface area (Å²) in [5, 5.41) is 0. The minimum absolute atomic E-state index is 0.464. The second-order valence-electron chi connectivity index (χ2n) is 3.19. The van der Waals surface area contributed by atoms with E-state index in [1.54, 1.807) is 7.11 Å². The van der Waals surface area contributed by atoms with Crippen molar-refractivity contribution in [1.29, 1.82) is 0 Å². The largest absolute Gasteiger partial charge is 0.497 e. The molecule has 1 heterocycles. The molecule has 1 aromatic carbocycles. The van der Waals surface area contributed by atoms with Crippen molar-refractivity contribution in [1.82, 2.24) is 9.97 Å². The Bertz CT molecular complexity index is 495. The first-order valence-electron chi connectivity index (χ1n) is 4.75. The second kappa shape index (κ2) is 4.53. The first-order chi connectivity index (χ1) is 7.83. The van der Waals surface area contributed by atoms with Gasteiger partial charge in [0.05, 0.1) is 12.7 Å². The highest BCUT2D eigenvalue weighted by atomic mass is 16.5. The molecule has 0 spiro atoms. The van der Waals surface area contributed by atoms with Gasteiger partial charge in [-0.05, 0) is 12.1 Å². The number of rotatable bonds is 3. The Balaban J connectivity index is 2.38. The van der Waals surface area contributed by atoms with Crippen LogP contribution in [0.25, 0.3) is 11.4 Å². The number of ether oxygens (including phenoxy) is 1. The van der Waals surface area contributed by atoms with Gasteiger partial charge < -0.3 is 4.74 Å². The van der Waals surface area contributed by atoms with Crippen LogP contribution in [0.4, 0.5) is 0 Å². The van der Waals surface area contributed by atoms with E-state index in [1.165, 1.54) is 12.4 Å². The Kier molecular flexibility index (Phi) is 2.91. The van der Waals surface area contributed by atoms with Gasteiger partial charge in [0, 0.05) is 18.0 Å². The summed E-state index contributed by atoms with van der Waals surface area (Å²) in [4.78, 5) is 18.6. The number of benzene rings is 1. The first kappa shape index (κ1) is 10.3. The Morgan fingerprint density at radius 2 is 2.00 bits per heavy atom. The minimum Gasteiger partial charge on any atom is -0.497 e. The van der Waals surface area contributed by atoms with Crippen LogP contribution in [0.1, 0.15) is 10.4 Å². The molecule has 16 heavy (non-hydrogen) atoms. The fraction of sp³-hybridized carbons (Fsp3) is 0.0833. The van der Waals surface area contributed by atoms with Crippen molar-refractivity contribution >= 4 is 6.29 Å². The summed E-state index contributed by atoms with van der Waals surface area (Å²) >= 11 is 0. The molecule has 4 heteroatoms. The molecule has 0 fully saturated rings. The highest BCUT2D eigenvalue weighted by molar-refractivity contribution is 5.74.